The monoisotopic (exact) mass is 320 g/mol. The average Bonchev–Trinajstić information content (AvgIpc) is 0. The molecule has 0 aliphatic heterocycles. The Kier molecular flexibility index (Phi) is 97.4. The Morgan fingerprint density at radius 3 is 1.00 bits per heavy atom. The maximum atomic E-state index is 0. The summed E-state index contributed by atoms with van der Waals surface area (Å²) >= 11 is 0. The fourth-order valence-electron chi connectivity index (χ4n) is 0. The molecule has 0 aromatic heterocycles. The molecule has 0 nitrogen and oxygen atoms in total. The molecular weight excluding hydrogens is 321 g/mol. The van der Waals surface area contributed by atoms with Gasteiger partial charge in [-0.1, -0.05) is 0 Å². The summed E-state index contributed by atoms with van der Waals surface area (Å²) in [4.78, 5) is 0. The zero-order chi connectivity index (χ0) is 0. The van der Waals surface area contributed by atoms with Crippen LogP contribution >= 0.6 is 0 Å². The van der Waals surface area contributed by atoms with Gasteiger partial charge in [0.25, 0.3) is 0 Å². The van der Waals surface area contributed by atoms with Crippen molar-refractivity contribution in [2.75, 3.05) is 0 Å². The molecule has 4 heteroatoms. The van der Waals surface area contributed by atoms with Crippen molar-refractivity contribution < 1.29 is 80.4 Å². The van der Waals surface area contributed by atoms with Crippen molar-refractivity contribution in [3.63, 3.8) is 0 Å². The molecular formula is CaLaVZr. The van der Waals surface area contributed by atoms with Gasteiger partial charge in [0.15, 0.2) is 0 Å². The molecule has 0 bridgehead atoms. The van der Waals surface area contributed by atoms with Gasteiger partial charge in [0.05, 0.1) is 0 Å². The summed E-state index contributed by atoms with van der Waals surface area (Å²) in [5.74, 6) is 0. The van der Waals surface area contributed by atoms with Crippen molar-refractivity contribution in [1.82, 2.24) is 0 Å². The summed E-state index contributed by atoms with van der Waals surface area (Å²) in [5.41, 5.74) is 0. The van der Waals surface area contributed by atoms with E-state index in [4.69, 9.17) is 0 Å². The first-order valence-electron chi connectivity index (χ1n) is 0. The number of rotatable bonds is 0. The van der Waals surface area contributed by atoms with Crippen LogP contribution in [0.1, 0.15) is 0 Å². The summed E-state index contributed by atoms with van der Waals surface area (Å²) in [5, 5.41) is 0. The van der Waals surface area contributed by atoms with Crippen LogP contribution in [0, 0.1) is 35.6 Å². The van der Waals surface area contributed by atoms with Gasteiger partial charge in [0.2, 0.25) is 0 Å². The predicted molar refractivity (Wildman–Crippen MR) is 5.75 cm³/mol. The maximum Gasteiger partial charge on any atom is 0 e. The molecule has 0 unspecified atom stereocenters. The van der Waals surface area contributed by atoms with Crippen LogP contribution < -0.4 is 0 Å². The van der Waals surface area contributed by atoms with Gasteiger partial charge in [-0.2, -0.15) is 0 Å². The molecule has 4 radical (unpaired) electrons. The molecule has 0 amide bonds. The van der Waals surface area contributed by atoms with Crippen LogP contribution in [0.15, 0.2) is 0 Å². The van der Waals surface area contributed by atoms with Gasteiger partial charge >= 0.3 is 0 Å². The molecule has 0 aliphatic carbocycles. The number of hydrogen-bond donors (Lipinski definition) is 0. The van der Waals surface area contributed by atoms with Gasteiger partial charge in [-0.05, 0) is 0 Å². The molecule has 0 fully saturated rings. The first kappa shape index (κ1) is 24.7. The number of hydrogen-bond acceptors (Lipinski definition) is 0. The van der Waals surface area contributed by atoms with Gasteiger partial charge in [-0.25, -0.2) is 0 Å². The Morgan fingerprint density at radius 1 is 1.00 bits per heavy atom. The standard InChI is InChI=1S/Ca.La.V.Zr. The second-order valence-electron chi connectivity index (χ2n) is 0. The van der Waals surface area contributed by atoms with Crippen molar-refractivity contribution in [3.8, 4) is 0 Å². The van der Waals surface area contributed by atoms with Gasteiger partial charge in [-0.3, -0.25) is 0 Å². The molecule has 0 rings (SSSR count). The van der Waals surface area contributed by atoms with E-state index in [1.54, 1.807) is 0 Å². The van der Waals surface area contributed by atoms with E-state index in [0.29, 0.717) is 0 Å². The van der Waals surface area contributed by atoms with Crippen molar-refractivity contribution in [1.29, 1.82) is 0 Å². The Labute approximate surface area is 115 Å². The van der Waals surface area contributed by atoms with E-state index in [9.17, 15) is 0 Å². The first-order valence-corrected chi connectivity index (χ1v) is 0. The third-order valence-electron chi connectivity index (χ3n) is 0. The summed E-state index contributed by atoms with van der Waals surface area (Å²) in [6.07, 6.45) is 0. The third kappa shape index (κ3) is 9.33. The van der Waals surface area contributed by atoms with Gasteiger partial charge in [-0.15, -0.1) is 0 Å². The van der Waals surface area contributed by atoms with Crippen LogP contribution in [-0.2, 0) is 44.8 Å². The molecule has 0 aromatic carbocycles. The minimum Gasteiger partial charge on any atom is 0 e. The quantitative estimate of drug-likeness (QED) is 0.534. The van der Waals surface area contributed by atoms with E-state index >= 15 is 0 Å². The van der Waals surface area contributed by atoms with Crippen molar-refractivity contribution >= 4 is 37.7 Å². The van der Waals surface area contributed by atoms with Crippen LogP contribution in [0.3, 0.4) is 0 Å². The molecule has 0 aromatic rings. The Morgan fingerprint density at radius 2 is 1.00 bits per heavy atom. The molecule has 14 valence electrons. The zero-order valence-electron chi connectivity index (χ0n) is 2.23. The first-order chi connectivity index (χ1) is 0. The van der Waals surface area contributed by atoms with Gasteiger partial charge < -0.3 is 0 Å². The van der Waals surface area contributed by atoms with E-state index in [1.807, 2.05) is 0 Å². The summed E-state index contributed by atoms with van der Waals surface area (Å²) in [7, 11) is 0. The van der Waals surface area contributed by atoms with E-state index in [1.165, 1.54) is 0 Å². The normalized spacial score (nSPS) is 0. The van der Waals surface area contributed by atoms with Crippen molar-refractivity contribution in [3.05, 3.63) is 0 Å². The Balaban J connectivity index is 0. The van der Waals surface area contributed by atoms with Gasteiger partial charge in [0, 0.05) is 118 Å². The Hall–Kier alpha value is 3.92. The minimum atomic E-state index is 0. The maximum absolute atomic E-state index is 0. The fraction of sp³-hybridized carbons (Fsp3) is 0. The van der Waals surface area contributed by atoms with Crippen LogP contribution in [0.2, 0.25) is 0 Å². The third-order valence-corrected chi connectivity index (χ3v) is 0. The fourth-order valence-corrected chi connectivity index (χ4v) is 0. The van der Waals surface area contributed by atoms with E-state index in [0.717, 1.165) is 0 Å². The van der Waals surface area contributed by atoms with Crippen molar-refractivity contribution in [2.24, 2.45) is 0 Å². The smallest absolute Gasteiger partial charge is 0 e. The van der Waals surface area contributed by atoms with Crippen LogP contribution in [0.25, 0.3) is 0 Å². The second kappa shape index (κ2) is 15.8. The van der Waals surface area contributed by atoms with Crippen LogP contribution in [-0.4, -0.2) is 37.7 Å². The van der Waals surface area contributed by atoms with E-state index in [-0.39, 0.29) is 118 Å². The van der Waals surface area contributed by atoms with Crippen LogP contribution in [0.5, 0.6) is 0 Å². The molecule has 0 atom stereocenters. The molecule has 0 spiro atoms. The summed E-state index contributed by atoms with van der Waals surface area (Å²) in [6.45, 7) is 0. The predicted octanol–water partition coefficient (Wildman–Crippen LogP) is -0.386. The SMILES string of the molecule is [Ca].[La].[V].[Zr]. The molecule has 0 aliphatic rings. The second-order valence-corrected chi connectivity index (χ2v) is 0. The summed E-state index contributed by atoms with van der Waals surface area (Å²) < 4.78 is 0. The van der Waals surface area contributed by atoms with E-state index < -0.39 is 0 Å². The topological polar surface area (TPSA) is 0 Å². The Bertz CT molecular complexity index is 8.00. The minimum absolute atomic E-state index is 0. The average molecular weight is 321 g/mol. The molecule has 0 saturated carbocycles. The zero-order valence-corrected chi connectivity index (χ0v) is 11.9. The molecule has 0 heterocycles. The van der Waals surface area contributed by atoms with E-state index in [2.05, 4.69) is 0 Å². The summed E-state index contributed by atoms with van der Waals surface area (Å²) in [6, 6.07) is 0. The molecule has 0 saturated heterocycles. The molecule has 4 heavy (non-hydrogen) atoms. The van der Waals surface area contributed by atoms with Crippen molar-refractivity contribution in [2.45, 2.75) is 0 Å². The molecule has 0 N–H and O–H groups in total. The van der Waals surface area contributed by atoms with Crippen LogP contribution in [0.4, 0.5) is 0 Å². The largest absolute Gasteiger partial charge is 0 e. The van der Waals surface area contributed by atoms with Gasteiger partial charge in [0.1, 0.15) is 0 Å².